The predicted octanol–water partition coefficient (Wildman–Crippen LogP) is 3.86. The van der Waals surface area contributed by atoms with Crippen LogP contribution in [0.15, 0.2) is 35.3 Å². The van der Waals surface area contributed by atoms with Gasteiger partial charge in [0.25, 0.3) is 0 Å². The zero-order valence-corrected chi connectivity index (χ0v) is 9.30. The van der Waals surface area contributed by atoms with E-state index in [0.717, 1.165) is 18.5 Å². The Morgan fingerprint density at radius 1 is 1.21 bits per heavy atom. The summed E-state index contributed by atoms with van der Waals surface area (Å²) in [7, 11) is 0. The van der Waals surface area contributed by atoms with Gasteiger partial charge >= 0.3 is 0 Å². The van der Waals surface area contributed by atoms with Crippen molar-refractivity contribution >= 4 is 16.8 Å². The third-order valence-corrected chi connectivity index (χ3v) is 2.36. The molecule has 0 heterocycles. The number of nitrogens with zero attached hydrogens (tertiary/aromatic N) is 1. The van der Waals surface area contributed by atoms with Crippen LogP contribution in [0.1, 0.15) is 31.7 Å². The van der Waals surface area contributed by atoms with Crippen molar-refractivity contribution in [2.24, 2.45) is 4.99 Å². The van der Waals surface area contributed by atoms with E-state index in [9.17, 15) is 0 Å². The Balaban J connectivity index is 2.44. The second kappa shape index (κ2) is 6.61. The lowest BCUT2D eigenvalue weighted by molar-refractivity contribution is 0.729. The highest BCUT2D eigenvalue weighted by Crippen LogP contribution is 2.05. The highest BCUT2D eigenvalue weighted by molar-refractivity contribution is 6.69. The van der Waals surface area contributed by atoms with Crippen molar-refractivity contribution in [2.45, 2.75) is 26.2 Å². The van der Waals surface area contributed by atoms with Gasteiger partial charge in [-0.3, -0.25) is 4.99 Å². The molecule has 0 N–H and O–H groups in total. The van der Waals surface area contributed by atoms with Crippen molar-refractivity contribution in [3.8, 4) is 0 Å². The van der Waals surface area contributed by atoms with Crippen LogP contribution in [0.4, 0.5) is 0 Å². The molecule has 1 rings (SSSR count). The van der Waals surface area contributed by atoms with Gasteiger partial charge in [-0.1, -0.05) is 61.7 Å². The third-order valence-electron chi connectivity index (χ3n) is 2.02. The highest BCUT2D eigenvalue weighted by Gasteiger charge is 1.96. The molecule has 0 amide bonds. The zero-order chi connectivity index (χ0) is 10.2. The van der Waals surface area contributed by atoms with Gasteiger partial charge in [0.05, 0.1) is 0 Å². The molecule has 0 aliphatic carbocycles. The number of rotatable bonds is 5. The molecular weight excluding hydrogens is 194 g/mol. The first kappa shape index (κ1) is 11.3. The monoisotopic (exact) mass is 209 g/mol. The maximum atomic E-state index is 6.04. The van der Waals surface area contributed by atoms with Crippen LogP contribution < -0.4 is 0 Å². The molecule has 0 aliphatic heterocycles. The SMILES string of the molecule is CCCCCN=C(Cl)c1ccccc1. The summed E-state index contributed by atoms with van der Waals surface area (Å²) in [6, 6.07) is 9.88. The van der Waals surface area contributed by atoms with Gasteiger partial charge in [-0.05, 0) is 6.42 Å². The average molecular weight is 210 g/mol. The quantitative estimate of drug-likeness (QED) is 0.516. The molecule has 0 saturated heterocycles. The number of unbranched alkanes of at least 4 members (excludes halogenated alkanes) is 2. The van der Waals surface area contributed by atoms with Gasteiger partial charge in [0.1, 0.15) is 5.17 Å². The Kier molecular flexibility index (Phi) is 5.31. The van der Waals surface area contributed by atoms with Gasteiger partial charge in [-0.25, -0.2) is 0 Å². The fraction of sp³-hybridized carbons (Fsp3) is 0.417. The maximum absolute atomic E-state index is 6.04. The summed E-state index contributed by atoms with van der Waals surface area (Å²) in [5.41, 5.74) is 1.01. The Morgan fingerprint density at radius 2 is 1.93 bits per heavy atom. The van der Waals surface area contributed by atoms with Crippen LogP contribution in [0.2, 0.25) is 0 Å². The highest BCUT2D eigenvalue weighted by atomic mass is 35.5. The van der Waals surface area contributed by atoms with Crippen molar-refractivity contribution < 1.29 is 0 Å². The van der Waals surface area contributed by atoms with Gasteiger partial charge in [0.15, 0.2) is 0 Å². The molecule has 1 aromatic carbocycles. The molecule has 0 aliphatic rings. The first-order valence-corrected chi connectivity index (χ1v) is 5.47. The van der Waals surface area contributed by atoms with Crippen LogP contribution in [-0.2, 0) is 0 Å². The van der Waals surface area contributed by atoms with E-state index in [1.54, 1.807) is 0 Å². The van der Waals surface area contributed by atoms with Crippen LogP contribution in [-0.4, -0.2) is 11.7 Å². The molecule has 2 heteroatoms. The van der Waals surface area contributed by atoms with E-state index in [4.69, 9.17) is 11.6 Å². The second-order valence-electron chi connectivity index (χ2n) is 3.25. The van der Waals surface area contributed by atoms with Crippen molar-refractivity contribution in [3.05, 3.63) is 35.9 Å². The number of halogens is 1. The first-order chi connectivity index (χ1) is 6.84. The molecule has 0 saturated carbocycles. The molecule has 0 radical (unpaired) electrons. The van der Waals surface area contributed by atoms with Gasteiger partial charge < -0.3 is 0 Å². The van der Waals surface area contributed by atoms with Crippen LogP contribution in [0.25, 0.3) is 0 Å². The molecule has 0 bridgehead atoms. The molecular formula is C12H16ClN. The molecule has 1 nitrogen and oxygen atoms in total. The molecule has 0 aromatic heterocycles. The van der Waals surface area contributed by atoms with Crippen molar-refractivity contribution in [1.82, 2.24) is 0 Å². The van der Waals surface area contributed by atoms with Crippen LogP contribution in [0.3, 0.4) is 0 Å². The fourth-order valence-corrected chi connectivity index (χ4v) is 1.42. The normalized spacial score (nSPS) is 11.7. The van der Waals surface area contributed by atoms with Gasteiger partial charge in [0, 0.05) is 12.1 Å². The van der Waals surface area contributed by atoms with Crippen molar-refractivity contribution in [1.29, 1.82) is 0 Å². The van der Waals surface area contributed by atoms with E-state index in [-0.39, 0.29) is 0 Å². The van der Waals surface area contributed by atoms with Gasteiger partial charge in [-0.15, -0.1) is 0 Å². The molecule has 0 spiro atoms. The standard InChI is InChI=1S/C12H16ClN/c1-2-3-7-10-14-12(13)11-8-5-4-6-9-11/h4-6,8-9H,2-3,7,10H2,1H3. The first-order valence-electron chi connectivity index (χ1n) is 5.10. The summed E-state index contributed by atoms with van der Waals surface area (Å²) in [4.78, 5) is 4.31. The number of aliphatic imine (C=N–C) groups is 1. The van der Waals surface area contributed by atoms with E-state index < -0.39 is 0 Å². The number of hydrogen-bond acceptors (Lipinski definition) is 1. The molecule has 0 atom stereocenters. The minimum absolute atomic E-state index is 0.627. The second-order valence-corrected chi connectivity index (χ2v) is 3.60. The topological polar surface area (TPSA) is 12.4 Å². The van der Waals surface area contributed by atoms with E-state index in [2.05, 4.69) is 11.9 Å². The summed E-state index contributed by atoms with van der Waals surface area (Å²) >= 11 is 6.04. The molecule has 0 fully saturated rings. The lowest BCUT2D eigenvalue weighted by Crippen LogP contribution is -1.92. The Morgan fingerprint density at radius 3 is 2.57 bits per heavy atom. The minimum atomic E-state index is 0.627. The average Bonchev–Trinajstić information content (AvgIpc) is 2.25. The molecule has 0 unspecified atom stereocenters. The Labute approximate surface area is 90.8 Å². The smallest absolute Gasteiger partial charge is 0.130 e. The molecule has 14 heavy (non-hydrogen) atoms. The largest absolute Gasteiger partial charge is 0.273 e. The van der Waals surface area contributed by atoms with E-state index in [1.165, 1.54) is 12.8 Å². The summed E-state index contributed by atoms with van der Waals surface area (Å²) in [5.74, 6) is 0. The Bertz CT molecular complexity index is 280. The molecule has 76 valence electrons. The van der Waals surface area contributed by atoms with E-state index in [1.807, 2.05) is 30.3 Å². The van der Waals surface area contributed by atoms with Crippen molar-refractivity contribution in [2.75, 3.05) is 6.54 Å². The van der Waals surface area contributed by atoms with Crippen LogP contribution in [0, 0.1) is 0 Å². The maximum Gasteiger partial charge on any atom is 0.130 e. The minimum Gasteiger partial charge on any atom is -0.273 e. The van der Waals surface area contributed by atoms with Crippen LogP contribution >= 0.6 is 11.6 Å². The van der Waals surface area contributed by atoms with E-state index >= 15 is 0 Å². The summed E-state index contributed by atoms with van der Waals surface area (Å²) < 4.78 is 0. The summed E-state index contributed by atoms with van der Waals surface area (Å²) in [5, 5.41) is 0.627. The summed E-state index contributed by atoms with van der Waals surface area (Å²) in [6.45, 7) is 3.02. The predicted molar refractivity (Wildman–Crippen MR) is 63.2 cm³/mol. The Hall–Kier alpha value is -0.820. The number of benzene rings is 1. The summed E-state index contributed by atoms with van der Waals surface area (Å²) in [6.07, 6.45) is 3.57. The zero-order valence-electron chi connectivity index (χ0n) is 8.54. The van der Waals surface area contributed by atoms with E-state index in [0.29, 0.717) is 5.17 Å². The van der Waals surface area contributed by atoms with Crippen molar-refractivity contribution in [3.63, 3.8) is 0 Å². The number of hydrogen-bond donors (Lipinski definition) is 0. The van der Waals surface area contributed by atoms with Crippen LogP contribution in [0.5, 0.6) is 0 Å². The lowest BCUT2D eigenvalue weighted by atomic mass is 10.2. The third kappa shape index (κ3) is 3.93. The fourth-order valence-electron chi connectivity index (χ4n) is 1.21. The lowest BCUT2D eigenvalue weighted by Gasteiger charge is -1.98. The van der Waals surface area contributed by atoms with Gasteiger partial charge in [-0.2, -0.15) is 0 Å². The van der Waals surface area contributed by atoms with Gasteiger partial charge in [0.2, 0.25) is 0 Å². The molecule has 1 aromatic rings.